The Morgan fingerprint density at radius 3 is 2.82 bits per heavy atom. The van der Waals surface area contributed by atoms with Crippen LogP contribution in [0.25, 0.3) is 0 Å². The molecule has 1 saturated heterocycles. The van der Waals surface area contributed by atoms with Gasteiger partial charge in [0.05, 0.1) is 25.4 Å². The van der Waals surface area contributed by atoms with Crippen LogP contribution in [0, 0.1) is 0 Å². The number of rotatable bonds is 6. The minimum atomic E-state index is -0.188. The number of piperidine rings is 1. The molecule has 1 aliphatic rings. The molecule has 3 aromatic rings. The number of nitrogens with one attached hydrogen (secondary N) is 2. The van der Waals surface area contributed by atoms with Gasteiger partial charge in [-0.3, -0.25) is 14.8 Å². The Morgan fingerprint density at radius 2 is 2.07 bits per heavy atom. The fraction of sp³-hybridized carbons (Fsp3) is 0.350. The zero-order chi connectivity index (χ0) is 19.3. The molecule has 1 fully saturated rings. The molecule has 0 aliphatic carbocycles. The number of hydrogen-bond acceptors (Lipinski definition) is 6. The minimum absolute atomic E-state index is 0.188. The monoisotopic (exact) mass is 397 g/mol. The van der Waals surface area contributed by atoms with Gasteiger partial charge in [-0.05, 0) is 49.5 Å². The van der Waals surface area contributed by atoms with Crippen LogP contribution < -0.4 is 15.4 Å². The molecule has 1 aliphatic heterocycles. The summed E-state index contributed by atoms with van der Waals surface area (Å²) < 4.78 is 6.92. The van der Waals surface area contributed by atoms with Crippen molar-refractivity contribution in [2.24, 2.45) is 0 Å². The highest BCUT2D eigenvalue weighted by Crippen LogP contribution is 2.31. The summed E-state index contributed by atoms with van der Waals surface area (Å²) in [5.41, 5.74) is 1.61. The summed E-state index contributed by atoms with van der Waals surface area (Å²) in [6.45, 7) is 2.67. The summed E-state index contributed by atoms with van der Waals surface area (Å²) >= 11 is 1.57. The number of methoxy groups -OCH3 is 1. The number of ether oxygens (including phenoxy) is 1. The molecule has 2 N–H and O–H groups in total. The summed E-state index contributed by atoms with van der Waals surface area (Å²) in [6.07, 6.45) is 7.46. The first kappa shape index (κ1) is 18.6. The number of aromatic nitrogens is 3. The van der Waals surface area contributed by atoms with E-state index in [2.05, 4.69) is 20.7 Å². The summed E-state index contributed by atoms with van der Waals surface area (Å²) in [6, 6.07) is 7.79. The van der Waals surface area contributed by atoms with Crippen LogP contribution in [0.15, 0.2) is 42.9 Å². The molecular weight excluding hydrogens is 374 g/mol. The van der Waals surface area contributed by atoms with Gasteiger partial charge in [-0.1, -0.05) is 12.1 Å². The van der Waals surface area contributed by atoms with E-state index in [-0.39, 0.29) is 5.91 Å². The lowest BCUT2D eigenvalue weighted by molar-refractivity contribution is 0.102. The maximum absolute atomic E-state index is 12.5. The van der Waals surface area contributed by atoms with Crippen molar-refractivity contribution in [3.05, 3.63) is 58.9 Å². The van der Waals surface area contributed by atoms with Gasteiger partial charge in [0.1, 0.15) is 5.75 Å². The molecule has 2 aromatic heterocycles. The van der Waals surface area contributed by atoms with Gasteiger partial charge >= 0.3 is 0 Å². The number of thiazole rings is 1. The van der Waals surface area contributed by atoms with Crippen LogP contribution in [0.3, 0.4) is 0 Å². The van der Waals surface area contributed by atoms with E-state index >= 15 is 0 Å². The van der Waals surface area contributed by atoms with E-state index in [1.54, 1.807) is 35.5 Å². The topological polar surface area (TPSA) is 81.1 Å². The maximum Gasteiger partial charge on any atom is 0.260 e. The van der Waals surface area contributed by atoms with Gasteiger partial charge in [-0.15, -0.1) is 11.3 Å². The number of anilines is 1. The normalized spacial score (nSPS) is 14.8. The largest absolute Gasteiger partial charge is 0.497 e. The summed E-state index contributed by atoms with van der Waals surface area (Å²) in [7, 11) is 1.64. The number of hydrogen-bond donors (Lipinski definition) is 2. The van der Waals surface area contributed by atoms with Crippen LogP contribution in [-0.2, 0) is 6.54 Å². The molecule has 1 aromatic carbocycles. The van der Waals surface area contributed by atoms with Gasteiger partial charge in [0, 0.05) is 17.3 Å². The van der Waals surface area contributed by atoms with Crippen molar-refractivity contribution in [2.45, 2.75) is 25.3 Å². The first-order valence-electron chi connectivity index (χ1n) is 9.34. The molecule has 3 heterocycles. The fourth-order valence-corrected chi connectivity index (χ4v) is 4.27. The zero-order valence-corrected chi connectivity index (χ0v) is 16.5. The summed E-state index contributed by atoms with van der Waals surface area (Å²) in [5.74, 6) is 1.17. The van der Waals surface area contributed by atoms with Crippen LogP contribution in [-0.4, -0.2) is 40.9 Å². The third-order valence-electron chi connectivity index (χ3n) is 4.88. The number of amides is 1. The number of carbonyl (C=O) groups is 1. The molecule has 4 rings (SSSR count). The summed E-state index contributed by atoms with van der Waals surface area (Å²) in [4.78, 5) is 18.1. The molecule has 1 amide bonds. The standard InChI is InChI=1S/C20H23N5O2S/c1-27-17-4-2-14(3-5-17)12-25-13-16(10-23-25)19(26)24-20-22-11-18(28-20)15-6-8-21-9-7-15/h2-5,10-11,13,15,21H,6-9,12H2,1H3,(H,22,24,26). The molecule has 8 heteroatoms. The van der Waals surface area contributed by atoms with E-state index in [0.717, 1.165) is 37.2 Å². The van der Waals surface area contributed by atoms with Crippen molar-refractivity contribution in [3.63, 3.8) is 0 Å². The molecule has 0 radical (unpaired) electrons. The Hall–Kier alpha value is -2.71. The second-order valence-corrected chi connectivity index (χ2v) is 7.88. The van der Waals surface area contributed by atoms with Gasteiger partial charge in [-0.25, -0.2) is 4.98 Å². The maximum atomic E-state index is 12.5. The highest BCUT2D eigenvalue weighted by molar-refractivity contribution is 7.15. The molecule has 28 heavy (non-hydrogen) atoms. The van der Waals surface area contributed by atoms with E-state index < -0.39 is 0 Å². The summed E-state index contributed by atoms with van der Waals surface area (Å²) in [5, 5.41) is 11.2. The van der Waals surface area contributed by atoms with E-state index in [4.69, 9.17) is 4.74 Å². The fourth-order valence-electron chi connectivity index (χ4n) is 3.29. The number of nitrogens with zero attached hydrogens (tertiary/aromatic N) is 3. The third-order valence-corrected chi connectivity index (χ3v) is 5.96. The zero-order valence-electron chi connectivity index (χ0n) is 15.7. The van der Waals surface area contributed by atoms with Crippen molar-refractivity contribution in [3.8, 4) is 5.75 Å². The number of benzene rings is 1. The van der Waals surface area contributed by atoms with Crippen molar-refractivity contribution < 1.29 is 9.53 Å². The van der Waals surface area contributed by atoms with Crippen LogP contribution in [0.2, 0.25) is 0 Å². The Kier molecular flexibility index (Phi) is 5.68. The molecule has 146 valence electrons. The van der Waals surface area contributed by atoms with E-state index in [1.165, 1.54) is 4.88 Å². The highest BCUT2D eigenvalue weighted by atomic mass is 32.1. The van der Waals surface area contributed by atoms with Crippen LogP contribution in [0.5, 0.6) is 5.75 Å². The quantitative estimate of drug-likeness (QED) is 0.668. The second-order valence-electron chi connectivity index (χ2n) is 6.82. The van der Waals surface area contributed by atoms with Crippen LogP contribution in [0.4, 0.5) is 5.13 Å². The third kappa shape index (κ3) is 4.40. The Morgan fingerprint density at radius 1 is 1.29 bits per heavy atom. The lowest BCUT2D eigenvalue weighted by Crippen LogP contribution is -2.26. The van der Waals surface area contributed by atoms with Crippen molar-refractivity contribution in [2.75, 3.05) is 25.5 Å². The van der Waals surface area contributed by atoms with Crippen LogP contribution in [0.1, 0.15) is 39.6 Å². The predicted octanol–water partition coefficient (Wildman–Crippen LogP) is 3.12. The van der Waals surface area contributed by atoms with Gasteiger partial charge < -0.3 is 10.1 Å². The Labute approximate surface area is 167 Å². The van der Waals surface area contributed by atoms with E-state index in [0.29, 0.717) is 23.2 Å². The Bertz CT molecular complexity index is 928. The molecule has 0 spiro atoms. The minimum Gasteiger partial charge on any atom is -0.497 e. The lowest BCUT2D eigenvalue weighted by Gasteiger charge is -2.20. The SMILES string of the molecule is COc1ccc(Cn2cc(C(=O)Nc3ncc(C4CCNCC4)s3)cn2)cc1. The molecule has 0 bridgehead atoms. The number of carbonyl (C=O) groups excluding carboxylic acids is 1. The molecule has 0 atom stereocenters. The van der Waals surface area contributed by atoms with Gasteiger partial charge in [0.25, 0.3) is 5.91 Å². The molecule has 0 saturated carbocycles. The average Bonchev–Trinajstić information content (AvgIpc) is 3.39. The van der Waals surface area contributed by atoms with Gasteiger partial charge in [-0.2, -0.15) is 5.10 Å². The second kappa shape index (κ2) is 8.53. The average molecular weight is 398 g/mol. The molecular formula is C20H23N5O2S. The van der Waals surface area contributed by atoms with Crippen LogP contribution >= 0.6 is 11.3 Å². The Balaban J connectivity index is 1.37. The first-order valence-corrected chi connectivity index (χ1v) is 10.2. The predicted molar refractivity (Wildman–Crippen MR) is 109 cm³/mol. The van der Waals surface area contributed by atoms with Gasteiger partial charge in [0.2, 0.25) is 0 Å². The molecule has 7 nitrogen and oxygen atoms in total. The smallest absolute Gasteiger partial charge is 0.260 e. The van der Waals surface area contributed by atoms with Gasteiger partial charge in [0.15, 0.2) is 5.13 Å². The van der Waals surface area contributed by atoms with E-state index in [9.17, 15) is 4.79 Å². The van der Waals surface area contributed by atoms with E-state index in [1.807, 2.05) is 30.5 Å². The molecule has 0 unspecified atom stereocenters. The van der Waals surface area contributed by atoms with Crippen molar-refractivity contribution >= 4 is 22.4 Å². The van der Waals surface area contributed by atoms with Crippen molar-refractivity contribution in [1.82, 2.24) is 20.1 Å². The highest BCUT2D eigenvalue weighted by Gasteiger charge is 2.19. The lowest BCUT2D eigenvalue weighted by atomic mass is 9.97. The van der Waals surface area contributed by atoms with Crippen molar-refractivity contribution in [1.29, 1.82) is 0 Å². The first-order chi connectivity index (χ1) is 13.7.